The lowest BCUT2D eigenvalue weighted by Gasteiger charge is -2.17. The van der Waals surface area contributed by atoms with Gasteiger partial charge in [-0.25, -0.2) is 0 Å². The third kappa shape index (κ3) is 2.73. The zero-order valence-electron chi connectivity index (χ0n) is 11.0. The van der Waals surface area contributed by atoms with E-state index >= 15 is 0 Å². The van der Waals surface area contributed by atoms with Crippen LogP contribution in [0.25, 0.3) is 0 Å². The largest absolute Gasteiger partial charge is 0.369 e. The van der Waals surface area contributed by atoms with E-state index in [1.165, 1.54) is 0 Å². The monoisotopic (exact) mass is 280 g/mol. The Morgan fingerprint density at radius 1 is 1.37 bits per heavy atom. The Bertz CT molecular complexity index is 530. The molecule has 1 fully saturated rings. The molecule has 4 nitrogen and oxygen atoms in total. The van der Waals surface area contributed by atoms with Gasteiger partial charge in [0.25, 0.3) is 5.91 Å². The van der Waals surface area contributed by atoms with Gasteiger partial charge in [0.15, 0.2) is 0 Å². The third-order valence-corrected chi connectivity index (χ3v) is 3.93. The van der Waals surface area contributed by atoms with Crippen molar-refractivity contribution in [1.82, 2.24) is 4.90 Å². The van der Waals surface area contributed by atoms with Crippen LogP contribution >= 0.6 is 11.6 Å². The van der Waals surface area contributed by atoms with Gasteiger partial charge in [-0.1, -0.05) is 24.6 Å². The first-order chi connectivity index (χ1) is 8.90. The SMILES string of the molecule is Cc1ccc(C(=O)N2C[C@@H](C)[C@H](C(N)=O)C2)c(Cl)c1. The highest BCUT2D eigenvalue weighted by Crippen LogP contribution is 2.26. The molecule has 2 amide bonds. The molecule has 1 aliphatic heterocycles. The fourth-order valence-electron chi connectivity index (χ4n) is 2.47. The molecule has 0 bridgehead atoms. The van der Waals surface area contributed by atoms with Gasteiger partial charge in [0.05, 0.1) is 16.5 Å². The minimum absolute atomic E-state index is 0.0886. The number of primary amides is 1. The van der Waals surface area contributed by atoms with Gasteiger partial charge in [-0.2, -0.15) is 0 Å². The van der Waals surface area contributed by atoms with Crippen LogP contribution in [0.5, 0.6) is 0 Å². The summed E-state index contributed by atoms with van der Waals surface area (Å²) in [6.45, 7) is 4.76. The van der Waals surface area contributed by atoms with Crippen molar-refractivity contribution >= 4 is 23.4 Å². The second kappa shape index (κ2) is 5.21. The summed E-state index contributed by atoms with van der Waals surface area (Å²) in [5.74, 6) is -0.669. The number of aryl methyl sites for hydroxylation is 1. The summed E-state index contributed by atoms with van der Waals surface area (Å²) < 4.78 is 0. The quantitative estimate of drug-likeness (QED) is 0.898. The van der Waals surface area contributed by atoms with E-state index in [1.54, 1.807) is 17.0 Å². The first-order valence-electron chi connectivity index (χ1n) is 6.25. The van der Waals surface area contributed by atoms with Crippen LogP contribution in [0.2, 0.25) is 5.02 Å². The van der Waals surface area contributed by atoms with Crippen LogP contribution in [0.3, 0.4) is 0 Å². The van der Waals surface area contributed by atoms with Gasteiger partial charge < -0.3 is 10.6 Å². The lowest BCUT2D eigenvalue weighted by atomic mass is 9.98. The van der Waals surface area contributed by atoms with Gasteiger partial charge in [0.1, 0.15) is 0 Å². The maximum atomic E-state index is 12.4. The van der Waals surface area contributed by atoms with E-state index in [0.717, 1.165) is 5.56 Å². The van der Waals surface area contributed by atoms with Crippen LogP contribution in [0.15, 0.2) is 18.2 Å². The third-order valence-electron chi connectivity index (χ3n) is 3.62. The van der Waals surface area contributed by atoms with Crippen LogP contribution in [0, 0.1) is 18.8 Å². The van der Waals surface area contributed by atoms with Gasteiger partial charge in [0.2, 0.25) is 5.91 Å². The molecule has 0 unspecified atom stereocenters. The summed E-state index contributed by atoms with van der Waals surface area (Å²) in [5.41, 5.74) is 6.82. The molecule has 2 rings (SSSR count). The van der Waals surface area contributed by atoms with E-state index in [9.17, 15) is 9.59 Å². The van der Waals surface area contributed by atoms with Crippen LogP contribution < -0.4 is 5.73 Å². The molecule has 0 radical (unpaired) electrons. The van der Waals surface area contributed by atoms with Gasteiger partial charge in [-0.3, -0.25) is 9.59 Å². The summed E-state index contributed by atoms with van der Waals surface area (Å²) in [4.78, 5) is 25.3. The minimum atomic E-state index is -0.349. The highest BCUT2D eigenvalue weighted by Gasteiger charge is 2.36. The minimum Gasteiger partial charge on any atom is -0.369 e. The predicted octanol–water partition coefficient (Wildman–Crippen LogP) is 1.84. The lowest BCUT2D eigenvalue weighted by Crippen LogP contribution is -2.32. The molecule has 1 aromatic carbocycles. The predicted molar refractivity (Wildman–Crippen MR) is 73.9 cm³/mol. The van der Waals surface area contributed by atoms with E-state index < -0.39 is 0 Å². The van der Waals surface area contributed by atoms with Gasteiger partial charge in [-0.15, -0.1) is 0 Å². The topological polar surface area (TPSA) is 63.4 Å². The number of halogens is 1. The Labute approximate surface area is 117 Å². The highest BCUT2D eigenvalue weighted by atomic mass is 35.5. The molecule has 0 saturated carbocycles. The number of amides is 2. The van der Waals surface area contributed by atoms with Crippen molar-refractivity contribution in [1.29, 1.82) is 0 Å². The van der Waals surface area contributed by atoms with E-state index in [2.05, 4.69) is 0 Å². The Kier molecular flexibility index (Phi) is 3.80. The molecule has 1 aliphatic rings. The summed E-state index contributed by atoms with van der Waals surface area (Å²) in [7, 11) is 0. The molecule has 0 aromatic heterocycles. The fraction of sp³-hybridized carbons (Fsp3) is 0.429. The van der Waals surface area contributed by atoms with Crippen LogP contribution in [0.1, 0.15) is 22.8 Å². The Balaban J connectivity index is 2.19. The Morgan fingerprint density at radius 3 is 2.58 bits per heavy atom. The van der Waals surface area contributed by atoms with Crippen molar-refractivity contribution in [3.8, 4) is 0 Å². The number of carbonyl (C=O) groups is 2. The Morgan fingerprint density at radius 2 is 2.05 bits per heavy atom. The number of nitrogens with two attached hydrogens (primary N) is 1. The highest BCUT2D eigenvalue weighted by molar-refractivity contribution is 6.33. The van der Waals surface area contributed by atoms with Gasteiger partial charge in [-0.05, 0) is 30.5 Å². The number of carbonyl (C=O) groups excluding carboxylic acids is 2. The second-order valence-corrected chi connectivity index (χ2v) is 5.59. The van der Waals surface area contributed by atoms with Crippen molar-refractivity contribution < 1.29 is 9.59 Å². The van der Waals surface area contributed by atoms with Gasteiger partial charge >= 0.3 is 0 Å². The summed E-state index contributed by atoms with van der Waals surface area (Å²) in [5, 5.41) is 0.445. The number of hydrogen-bond donors (Lipinski definition) is 1. The smallest absolute Gasteiger partial charge is 0.255 e. The molecule has 2 N–H and O–H groups in total. The van der Waals surface area contributed by atoms with Gasteiger partial charge in [0, 0.05) is 13.1 Å². The molecular weight excluding hydrogens is 264 g/mol. The second-order valence-electron chi connectivity index (χ2n) is 5.18. The molecular formula is C14H17ClN2O2. The number of hydrogen-bond acceptors (Lipinski definition) is 2. The number of nitrogens with zero attached hydrogens (tertiary/aromatic N) is 1. The zero-order valence-corrected chi connectivity index (χ0v) is 11.8. The summed E-state index contributed by atoms with van der Waals surface area (Å²) in [6.07, 6.45) is 0. The molecule has 102 valence electrons. The average Bonchev–Trinajstić information content (AvgIpc) is 2.70. The van der Waals surface area contributed by atoms with E-state index in [1.807, 2.05) is 19.9 Å². The molecule has 0 aliphatic carbocycles. The summed E-state index contributed by atoms with van der Waals surface area (Å²) in [6, 6.07) is 5.34. The van der Waals surface area contributed by atoms with E-state index in [4.69, 9.17) is 17.3 Å². The van der Waals surface area contributed by atoms with Crippen molar-refractivity contribution in [2.45, 2.75) is 13.8 Å². The van der Waals surface area contributed by atoms with Crippen LogP contribution in [-0.2, 0) is 4.79 Å². The lowest BCUT2D eigenvalue weighted by molar-refractivity contribution is -0.122. The first-order valence-corrected chi connectivity index (χ1v) is 6.62. The van der Waals surface area contributed by atoms with E-state index in [0.29, 0.717) is 23.7 Å². The maximum Gasteiger partial charge on any atom is 0.255 e. The van der Waals surface area contributed by atoms with E-state index in [-0.39, 0.29) is 23.7 Å². The number of likely N-dealkylation sites (tertiary alicyclic amines) is 1. The normalized spacial score (nSPS) is 22.6. The standard InChI is InChI=1S/C14H17ClN2O2/c1-8-3-4-10(12(15)5-8)14(19)17-6-9(2)11(7-17)13(16)18/h3-5,9,11H,6-7H2,1-2H3,(H2,16,18)/t9-,11-/m1/s1. The molecule has 1 heterocycles. The number of rotatable bonds is 2. The van der Waals surface area contributed by atoms with Crippen molar-refractivity contribution in [3.05, 3.63) is 34.3 Å². The average molecular weight is 281 g/mol. The van der Waals surface area contributed by atoms with Crippen LogP contribution in [0.4, 0.5) is 0 Å². The number of benzene rings is 1. The fourth-order valence-corrected chi connectivity index (χ4v) is 2.78. The molecule has 19 heavy (non-hydrogen) atoms. The molecule has 1 saturated heterocycles. The van der Waals surface area contributed by atoms with Crippen molar-refractivity contribution in [3.63, 3.8) is 0 Å². The molecule has 5 heteroatoms. The van der Waals surface area contributed by atoms with Crippen molar-refractivity contribution in [2.75, 3.05) is 13.1 Å². The zero-order chi connectivity index (χ0) is 14.2. The molecule has 1 aromatic rings. The summed E-state index contributed by atoms with van der Waals surface area (Å²) >= 11 is 6.10. The van der Waals surface area contributed by atoms with Crippen LogP contribution in [-0.4, -0.2) is 29.8 Å². The van der Waals surface area contributed by atoms with Crippen molar-refractivity contribution in [2.24, 2.45) is 17.6 Å². The Hall–Kier alpha value is -1.55. The molecule has 0 spiro atoms. The maximum absolute atomic E-state index is 12.4. The molecule has 2 atom stereocenters. The first kappa shape index (κ1) is 13.9.